The van der Waals surface area contributed by atoms with E-state index in [0.717, 1.165) is 6.26 Å². The van der Waals surface area contributed by atoms with E-state index in [2.05, 4.69) is 20.9 Å². The highest BCUT2D eigenvalue weighted by molar-refractivity contribution is 9.10. The molecule has 0 saturated heterocycles. The zero-order valence-corrected chi connectivity index (χ0v) is 18.6. The van der Waals surface area contributed by atoms with E-state index >= 15 is 0 Å². The molecule has 0 atom stereocenters. The molecule has 0 aliphatic heterocycles. The van der Waals surface area contributed by atoms with Crippen LogP contribution in [0.15, 0.2) is 21.6 Å². The molecule has 28 heavy (non-hydrogen) atoms. The monoisotopic (exact) mass is 473 g/mol. The molecule has 152 valence electrons. The van der Waals surface area contributed by atoms with Gasteiger partial charge in [-0.25, -0.2) is 13.4 Å². The molecule has 0 aliphatic carbocycles. The van der Waals surface area contributed by atoms with Crippen molar-refractivity contribution in [2.75, 3.05) is 34.7 Å². The molecule has 0 bridgehead atoms. The van der Waals surface area contributed by atoms with E-state index in [1.165, 1.54) is 34.6 Å². The van der Waals surface area contributed by atoms with Crippen LogP contribution in [0.2, 0.25) is 0 Å². The van der Waals surface area contributed by atoms with Crippen LogP contribution in [0.1, 0.15) is 21.5 Å². The second kappa shape index (κ2) is 8.36. The number of sulfone groups is 1. The first kappa shape index (κ1) is 22.0. The van der Waals surface area contributed by atoms with Gasteiger partial charge in [-0.05, 0) is 34.5 Å². The molecule has 0 fully saturated rings. The topological polar surface area (TPSA) is 101 Å². The van der Waals surface area contributed by atoms with Gasteiger partial charge in [-0.3, -0.25) is 4.79 Å². The van der Waals surface area contributed by atoms with E-state index in [1.807, 2.05) is 0 Å². The number of pyridine rings is 1. The first-order chi connectivity index (χ1) is 13.1. The lowest BCUT2D eigenvalue weighted by molar-refractivity contribution is 0.102. The third-order valence-electron chi connectivity index (χ3n) is 4.00. The highest BCUT2D eigenvalue weighted by Crippen LogP contribution is 2.44. The van der Waals surface area contributed by atoms with Crippen molar-refractivity contribution >= 4 is 31.6 Å². The van der Waals surface area contributed by atoms with Crippen LogP contribution in [0.25, 0.3) is 0 Å². The van der Waals surface area contributed by atoms with Crippen molar-refractivity contribution in [3.05, 3.63) is 33.4 Å². The van der Waals surface area contributed by atoms with Gasteiger partial charge in [0.1, 0.15) is 5.56 Å². The number of ether oxygens (including phenoxy) is 4. The van der Waals surface area contributed by atoms with Gasteiger partial charge in [0.2, 0.25) is 17.4 Å². The zero-order valence-electron chi connectivity index (χ0n) is 16.2. The van der Waals surface area contributed by atoms with Gasteiger partial charge in [0.25, 0.3) is 0 Å². The third kappa shape index (κ3) is 3.79. The number of carbonyl (C=O) groups is 1. The number of ketones is 1. The lowest BCUT2D eigenvalue weighted by Gasteiger charge is -2.19. The van der Waals surface area contributed by atoms with Gasteiger partial charge in [0, 0.05) is 12.5 Å². The van der Waals surface area contributed by atoms with Crippen molar-refractivity contribution in [1.29, 1.82) is 0 Å². The van der Waals surface area contributed by atoms with Gasteiger partial charge in [0.15, 0.2) is 21.3 Å². The Morgan fingerprint density at radius 3 is 2.07 bits per heavy atom. The Morgan fingerprint density at radius 2 is 1.61 bits per heavy atom. The number of nitrogens with zero attached hydrogens (tertiary/aromatic N) is 1. The maximum absolute atomic E-state index is 13.5. The fourth-order valence-corrected chi connectivity index (χ4v) is 5.00. The third-order valence-corrected chi connectivity index (χ3v) is 6.03. The van der Waals surface area contributed by atoms with E-state index in [0.29, 0.717) is 11.3 Å². The molecule has 1 heterocycles. The summed E-state index contributed by atoms with van der Waals surface area (Å²) in [6.07, 6.45) is 2.27. The normalized spacial score (nSPS) is 11.1. The number of hydrogen-bond donors (Lipinski definition) is 0. The first-order valence-corrected chi connectivity index (χ1v) is 10.6. The molecule has 2 rings (SSSR count). The van der Waals surface area contributed by atoms with Crippen LogP contribution in [0.3, 0.4) is 0 Å². The van der Waals surface area contributed by atoms with Crippen molar-refractivity contribution in [1.82, 2.24) is 4.98 Å². The van der Waals surface area contributed by atoms with Crippen LogP contribution in [0.5, 0.6) is 23.1 Å². The van der Waals surface area contributed by atoms with Crippen molar-refractivity contribution in [2.24, 2.45) is 0 Å². The van der Waals surface area contributed by atoms with Gasteiger partial charge >= 0.3 is 0 Å². The second-order valence-corrected chi connectivity index (χ2v) is 8.56. The van der Waals surface area contributed by atoms with Crippen LogP contribution in [-0.4, -0.2) is 53.9 Å². The van der Waals surface area contributed by atoms with E-state index in [-0.39, 0.29) is 37.9 Å². The Labute approximate surface area is 171 Å². The zero-order chi connectivity index (χ0) is 21.2. The van der Waals surface area contributed by atoms with Crippen LogP contribution in [-0.2, 0) is 9.84 Å². The van der Waals surface area contributed by atoms with Crippen molar-refractivity contribution in [3.63, 3.8) is 0 Å². The predicted octanol–water partition coefficient (Wildman–Crippen LogP) is 2.82. The number of halogens is 1. The number of hydrogen-bond acceptors (Lipinski definition) is 8. The molecule has 1 aromatic carbocycles. The molecule has 0 aliphatic rings. The molecule has 10 heteroatoms. The summed E-state index contributed by atoms with van der Waals surface area (Å²) >= 11 is 3.17. The SMILES string of the molecule is COc1cc(C)c(C(=O)c2c(OC)ncc(Br)c2S(C)(=O)=O)c(OC)c1OC. The molecule has 0 radical (unpaired) electrons. The first-order valence-electron chi connectivity index (χ1n) is 7.89. The average molecular weight is 474 g/mol. The molecule has 2 aromatic rings. The molecular weight excluding hydrogens is 454 g/mol. The summed E-state index contributed by atoms with van der Waals surface area (Å²) in [4.78, 5) is 17.3. The second-order valence-electron chi connectivity index (χ2n) is 5.76. The summed E-state index contributed by atoms with van der Waals surface area (Å²) in [6, 6.07) is 1.60. The smallest absolute Gasteiger partial charge is 0.225 e. The number of methoxy groups -OCH3 is 4. The van der Waals surface area contributed by atoms with Crippen LogP contribution in [0, 0.1) is 6.92 Å². The highest BCUT2D eigenvalue weighted by Gasteiger charge is 2.32. The lowest BCUT2D eigenvalue weighted by Crippen LogP contribution is -2.15. The molecule has 0 unspecified atom stereocenters. The molecule has 1 aromatic heterocycles. The van der Waals surface area contributed by atoms with Crippen LogP contribution >= 0.6 is 15.9 Å². The Morgan fingerprint density at radius 1 is 1.00 bits per heavy atom. The standard InChI is InChI=1S/C18H20BrNO7S/c1-9-7-11(24-2)15(25-3)16(26-4)12(9)14(21)13-17(28(6,22)23)10(19)8-20-18(13)27-5/h7-8H,1-6H3. The maximum Gasteiger partial charge on any atom is 0.225 e. The highest BCUT2D eigenvalue weighted by atomic mass is 79.9. The lowest BCUT2D eigenvalue weighted by atomic mass is 9.97. The Hall–Kier alpha value is -2.33. The number of benzene rings is 1. The minimum atomic E-state index is -3.80. The van der Waals surface area contributed by atoms with Gasteiger partial charge in [-0.1, -0.05) is 0 Å². The maximum atomic E-state index is 13.5. The summed E-state index contributed by atoms with van der Waals surface area (Å²) in [5.74, 6) is -0.0603. The minimum Gasteiger partial charge on any atom is -0.493 e. The average Bonchev–Trinajstić information content (AvgIpc) is 2.64. The molecule has 0 spiro atoms. The Kier molecular flexibility index (Phi) is 6.56. The predicted molar refractivity (Wildman–Crippen MR) is 106 cm³/mol. The summed E-state index contributed by atoms with van der Waals surface area (Å²) in [6.45, 7) is 1.68. The fourth-order valence-electron chi connectivity index (χ4n) is 2.86. The van der Waals surface area contributed by atoms with E-state index in [9.17, 15) is 13.2 Å². The quantitative estimate of drug-likeness (QED) is 0.565. The Bertz CT molecular complexity index is 1030. The number of aromatic nitrogens is 1. The van der Waals surface area contributed by atoms with Crippen molar-refractivity contribution in [3.8, 4) is 23.1 Å². The fraction of sp³-hybridized carbons (Fsp3) is 0.333. The summed E-state index contributed by atoms with van der Waals surface area (Å²) < 4.78 is 46.2. The van der Waals surface area contributed by atoms with Gasteiger partial charge in [-0.15, -0.1) is 0 Å². The number of rotatable bonds is 7. The van der Waals surface area contributed by atoms with E-state index in [1.54, 1.807) is 13.0 Å². The molecule has 0 N–H and O–H groups in total. The molecule has 0 amide bonds. The molecule has 0 saturated carbocycles. The number of aryl methyl sites for hydroxylation is 1. The van der Waals surface area contributed by atoms with Gasteiger partial charge < -0.3 is 18.9 Å². The minimum absolute atomic E-state index is 0.114. The largest absolute Gasteiger partial charge is 0.493 e. The van der Waals surface area contributed by atoms with Crippen molar-refractivity contribution in [2.45, 2.75) is 11.8 Å². The summed E-state index contributed by atoms with van der Waals surface area (Å²) in [5.41, 5.74) is 0.414. The molecular formula is C18H20BrNO7S. The van der Waals surface area contributed by atoms with E-state index < -0.39 is 15.6 Å². The van der Waals surface area contributed by atoms with Gasteiger partial charge in [-0.2, -0.15) is 0 Å². The van der Waals surface area contributed by atoms with Crippen LogP contribution in [0.4, 0.5) is 0 Å². The van der Waals surface area contributed by atoms with Gasteiger partial charge in [0.05, 0.1) is 43.4 Å². The van der Waals surface area contributed by atoms with Crippen LogP contribution < -0.4 is 18.9 Å². The summed E-state index contributed by atoms with van der Waals surface area (Å²) in [7, 11) is 1.75. The van der Waals surface area contributed by atoms with Crippen molar-refractivity contribution < 1.29 is 32.2 Å². The number of carbonyl (C=O) groups excluding carboxylic acids is 1. The molecule has 8 nitrogen and oxygen atoms in total. The van der Waals surface area contributed by atoms with E-state index in [4.69, 9.17) is 18.9 Å². The Balaban J connectivity index is 2.94. The summed E-state index contributed by atoms with van der Waals surface area (Å²) in [5, 5.41) is 0.